The number of rotatable bonds is 4. The number of amides is 1. The molecule has 2 heterocycles. The van der Waals surface area contributed by atoms with E-state index in [-0.39, 0.29) is 5.91 Å². The van der Waals surface area contributed by atoms with Gasteiger partial charge in [-0.25, -0.2) is 0 Å². The maximum absolute atomic E-state index is 13.2. The molecular weight excluding hydrogens is 348 g/mol. The zero-order valence-corrected chi connectivity index (χ0v) is 15.3. The Morgan fingerprint density at radius 2 is 1.65 bits per heavy atom. The van der Waals surface area contributed by atoms with Crippen LogP contribution in [0.4, 0.5) is 0 Å². The minimum absolute atomic E-state index is 0.0812. The van der Waals surface area contributed by atoms with Gasteiger partial charge in [0.25, 0.3) is 5.91 Å². The molecule has 1 fully saturated rings. The molecule has 2 aliphatic rings. The van der Waals surface area contributed by atoms with Crippen molar-refractivity contribution in [1.29, 1.82) is 0 Å². The lowest BCUT2D eigenvalue weighted by Crippen LogP contribution is -2.37. The first-order valence-corrected chi connectivity index (χ1v) is 9.25. The van der Waals surface area contributed by atoms with Crippen LogP contribution in [0.15, 0.2) is 60.3 Å². The molecular formula is C21H21ClN2O2. The molecule has 0 N–H and O–H groups in total. The predicted octanol–water partition coefficient (Wildman–Crippen LogP) is 3.43. The molecule has 0 saturated carbocycles. The van der Waals surface area contributed by atoms with Crippen LogP contribution in [0.1, 0.15) is 11.1 Å². The van der Waals surface area contributed by atoms with Gasteiger partial charge < -0.3 is 14.5 Å². The molecule has 134 valence electrons. The number of hydrogen-bond donors (Lipinski definition) is 0. The molecule has 2 aromatic carbocycles. The van der Waals surface area contributed by atoms with E-state index in [0.717, 1.165) is 35.5 Å². The van der Waals surface area contributed by atoms with E-state index in [2.05, 4.69) is 17.0 Å². The quantitative estimate of drug-likeness (QED) is 0.829. The third kappa shape index (κ3) is 3.48. The molecule has 0 atom stereocenters. The van der Waals surface area contributed by atoms with Crippen LogP contribution >= 0.6 is 11.6 Å². The van der Waals surface area contributed by atoms with Crippen LogP contribution in [0, 0.1) is 0 Å². The van der Waals surface area contributed by atoms with E-state index in [1.807, 2.05) is 47.4 Å². The van der Waals surface area contributed by atoms with Crippen molar-refractivity contribution < 1.29 is 9.53 Å². The van der Waals surface area contributed by atoms with Gasteiger partial charge in [-0.15, -0.1) is 0 Å². The lowest BCUT2D eigenvalue weighted by atomic mass is 10.0. The molecule has 4 nitrogen and oxygen atoms in total. The van der Waals surface area contributed by atoms with Crippen molar-refractivity contribution >= 4 is 23.1 Å². The smallest absolute Gasteiger partial charge is 0.256 e. The molecule has 2 aliphatic heterocycles. The molecule has 4 rings (SSSR count). The Labute approximate surface area is 158 Å². The van der Waals surface area contributed by atoms with Crippen molar-refractivity contribution in [3.05, 3.63) is 76.4 Å². The third-order valence-corrected chi connectivity index (χ3v) is 5.12. The monoisotopic (exact) mass is 368 g/mol. The van der Waals surface area contributed by atoms with Crippen molar-refractivity contribution in [1.82, 2.24) is 9.80 Å². The van der Waals surface area contributed by atoms with E-state index in [1.54, 1.807) is 0 Å². The molecule has 0 spiro atoms. The standard InChI is InChI=1S/C21H21ClN2O2/c22-18-8-6-17(7-9-18)20-19(23-10-12-26-13-11-23)15-24(21(20)25)14-16-4-2-1-3-5-16/h1-9H,10-15H2. The van der Waals surface area contributed by atoms with Crippen molar-refractivity contribution in [2.45, 2.75) is 6.54 Å². The van der Waals surface area contributed by atoms with Gasteiger partial charge in [0.1, 0.15) is 0 Å². The summed E-state index contributed by atoms with van der Waals surface area (Å²) < 4.78 is 5.49. The Bertz CT molecular complexity index is 812. The fourth-order valence-corrected chi connectivity index (χ4v) is 3.67. The van der Waals surface area contributed by atoms with Crippen LogP contribution in [-0.2, 0) is 16.1 Å². The van der Waals surface area contributed by atoms with Crippen molar-refractivity contribution in [3.8, 4) is 0 Å². The first-order chi connectivity index (χ1) is 12.7. The maximum atomic E-state index is 13.2. The summed E-state index contributed by atoms with van der Waals surface area (Å²) in [6, 6.07) is 17.7. The SMILES string of the molecule is O=C1C(c2ccc(Cl)cc2)=C(N2CCOCC2)CN1Cc1ccccc1. The summed E-state index contributed by atoms with van der Waals surface area (Å²) in [5, 5.41) is 0.675. The second kappa shape index (κ2) is 7.52. The summed E-state index contributed by atoms with van der Waals surface area (Å²) in [5.74, 6) is 0.0812. The zero-order chi connectivity index (χ0) is 17.9. The molecule has 0 unspecified atom stereocenters. The number of hydrogen-bond acceptors (Lipinski definition) is 3. The zero-order valence-electron chi connectivity index (χ0n) is 14.5. The van der Waals surface area contributed by atoms with E-state index >= 15 is 0 Å². The molecule has 2 aromatic rings. The van der Waals surface area contributed by atoms with E-state index in [9.17, 15) is 4.79 Å². The average Bonchev–Trinajstić information content (AvgIpc) is 3.00. The topological polar surface area (TPSA) is 32.8 Å². The number of halogens is 1. The summed E-state index contributed by atoms with van der Waals surface area (Å²) in [6.07, 6.45) is 0. The number of carbonyl (C=O) groups is 1. The van der Waals surface area contributed by atoms with Gasteiger partial charge in [0, 0.05) is 30.4 Å². The van der Waals surface area contributed by atoms with Crippen LogP contribution in [0.3, 0.4) is 0 Å². The van der Waals surface area contributed by atoms with Crippen LogP contribution in [0.2, 0.25) is 5.02 Å². The van der Waals surface area contributed by atoms with Gasteiger partial charge in [-0.1, -0.05) is 54.1 Å². The summed E-state index contributed by atoms with van der Waals surface area (Å²) in [6.45, 7) is 4.28. The van der Waals surface area contributed by atoms with Crippen LogP contribution in [0.5, 0.6) is 0 Å². The Morgan fingerprint density at radius 1 is 0.962 bits per heavy atom. The Morgan fingerprint density at radius 3 is 2.35 bits per heavy atom. The summed E-state index contributed by atoms with van der Waals surface area (Å²) in [7, 11) is 0. The normalized spacial score (nSPS) is 18.0. The average molecular weight is 369 g/mol. The summed E-state index contributed by atoms with van der Waals surface area (Å²) in [4.78, 5) is 17.4. The number of ether oxygens (including phenoxy) is 1. The molecule has 1 saturated heterocycles. The molecule has 5 heteroatoms. The van der Waals surface area contributed by atoms with Gasteiger partial charge in [-0.2, -0.15) is 0 Å². The molecule has 0 aromatic heterocycles. The van der Waals surface area contributed by atoms with Crippen LogP contribution in [0.25, 0.3) is 5.57 Å². The largest absolute Gasteiger partial charge is 0.378 e. The minimum atomic E-state index is 0.0812. The van der Waals surface area contributed by atoms with Gasteiger partial charge >= 0.3 is 0 Å². The van der Waals surface area contributed by atoms with E-state index in [0.29, 0.717) is 31.3 Å². The fraction of sp³-hybridized carbons (Fsp3) is 0.286. The van der Waals surface area contributed by atoms with Crippen molar-refractivity contribution in [2.24, 2.45) is 0 Å². The van der Waals surface area contributed by atoms with Crippen LogP contribution < -0.4 is 0 Å². The van der Waals surface area contributed by atoms with E-state index < -0.39 is 0 Å². The van der Waals surface area contributed by atoms with Gasteiger partial charge in [-0.05, 0) is 23.3 Å². The lowest BCUT2D eigenvalue weighted by Gasteiger charge is -2.30. The molecule has 0 aliphatic carbocycles. The van der Waals surface area contributed by atoms with Crippen molar-refractivity contribution in [2.75, 3.05) is 32.8 Å². The second-order valence-electron chi connectivity index (χ2n) is 6.57. The van der Waals surface area contributed by atoms with Crippen molar-refractivity contribution in [3.63, 3.8) is 0 Å². The highest BCUT2D eigenvalue weighted by Crippen LogP contribution is 2.32. The van der Waals surface area contributed by atoms with Gasteiger partial charge in [0.2, 0.25) is 0 Å². The maximum Gasteiger partial charge on any atom is 0.256 e. The van der Waals surface area contributed by atoms with E-state index in [4.69, 9.17) is 16.3 Å². The fourth-order valence-electron chi connectivity index (χ4n) is 3.54. The Hall–Kier alpha value is -2.30. The lowest BCUT2D eigenvalue weighted by molar-refractivity contribution is -0.124. The minimum Gasteiger partial charge on any atom is -0.378 e. The van der Waals surface area contributed by atoms with E-state index in [1.165, 1.54) is 0 Å². The van der Waals surface area contributed by atoms with Gasteiger partial charge in [0.05, 0.1) is 25.3 Å². The van der Waals surface area contributed by atoms with Crippen LogP contribution in [-0.4, -0.2) is 48.6 Å². The second-order valence-corrected chi connectivity index (χ2v) is 7.01. The highest BCUT2D eigenvalue weighted by Gasteiger charge is 2.34. The summed E-state index contributed by atoms with van der Waals surface area (Å²) >= 11 is 6.04. The number of morpholine rings is 1. The molecule has 1 amide bonds. The Balaban J connectivity index is 1.66. The number of nitrogens with zero attached hydrogens (tertiary/aromatic N) is 2. The molecule has 26 heavy (non-hydrogen) atoms. The Kier molecular flexibility index (Phi) is 4.96. The first kappa shape index (κ1) is 17.1. The highest BCUT2D eigenvalue weighted by molar-refractivity contribution is 6.30. The predicted molar refractivity (Wildman–Crippen MR) is 103 cm³/mol. The first-order valence-electron chi connectivity index (χ1n) is 8.87. The highest BCUT2D eigenvalue weighted by atomic mass is 35.5. The van der Waals surface area contributed by atoms with Gasteiger partial charge in [0.15, 0.2) is 0 Å². The molecule has 0 bridgehead atoms. The summed E-state index contributed by atoms with van der Waals surface area (Å²) in [5.41, 5.74) is 3.95. The van der Waals surface area contributed by atoms with Gasteiger partial charge in [-0.3, -0.25) is 4.79 Å². The number of benzene rings is 2. The molecule has 0 radical (unpaired) electrons. The third-order valence-electron chi connectivity index (χ3n) is 4.87. The number of carbonyl (C=O) groups excluding carboxylic acids is 1.